The van der Waals surface area contributed by atoms with Gasteiger partial charge in [0.2, 0.25) is 0 Å². The molecule has 8 heteroatoms. The van der Waals surface area contributed by atoms with Gasteiger partial charge in [-0.3, -0.25) is 10.1 Å². The minimum Gasteiger partial charge on any atom is -0.462 e. The van der Waals surface area contributed by atoms with Crippen LogP contribution in [0.2, 0.25) is 5.15 Å². The summed E-state index contributed by atoms with van der Waals surface area (Å²) < 4.78 is 10.3. The number of rotatable bonds is 4. The van der Waals surface area contributed by atoms with Crippen LogP contribution in [0.1, 0.15) is 23.2 Å². The molecule has 2 heterocycles. The van der Waals surface area contributed by atoms with Crippen LogP contribution in [0.15, 0.2) is 12.3 Å². The average Bonchev–Trinajstić information content (AvgIpc) is 2.46. The molecule has 0 atom stereocenters. The zero-order valence-corrected chi connectivity index (χ0v) is 11.3. The molecule has 2 rings (SSSR count). The Morgan fingerprint density at radius 2 is 2.25 bits per heavy atom. The third kappa shape index (κ3) is 3.64. The van der Waals surface area contributed by atoms with Gasteiger partial charge in [0.05, 0.1) is 11.5 Å². The highest BCUT2D eigenvalue weighted by molar-refractivity contribution is 6.32. The van der Waals surface area contributed by atoms with Crippen LogP contribution >= 0.6 is 11.6 Å². The predicted octanol–water partition coefficient (Wildman–Crippen LogP) is 2.23. The van der Waals surface area contributed by atoms with Crippen LogP contribution in [0.3, 0.4) is 0 Å². The minimum atomic E-state index is -0.697. The maximum Gasteiger partial charge on any atom is 0.341 e. The average molecular weight is 301 g/mol. The van der Waals surface area contributed by atoms with Gasteiger partial charge in [0.1, 0.15) is 16.9 Å². The molecule has 1 fully saturated rings. The van der Waals surface area contributed by atoms with Crippen LogP contribution in [0.25, 0.3) is 0 Å². The van der Waals surface area contributed by atoms with Gasteiger partial charge in [-0.15, -0.1) is 0 Å². The fourth-order valence-corrected chi connectivity index (χ4v) is 2.04. The Bertz CT molecular complexity index is 517. The molecule has 0 aliphatic carbocycles. The fraction of sp³-hybridized carbons (Fsp3) is 0.500. The summed E-state index contributed by atoms with van der Waals surface area (Å²) in [6.07, 6.45) is 2.65. The number of esters is 1. The Morgan fingerprint density at radius 1 is 1.55 bits per heavy atom. The molecule has 0 radical (unpaired) electrons. The molecule has 0 amide bonds. The van der Waals surface area contributed by atoms with E-state index in [0.29, 0.717) is 13.2 Å². The van der Waals surface area contributed by atoms with Crippen LogP contribution in [0.5, 0.6) is 0 Å². The molecule has 1 saturated heterocycles. The number of nitro groups is 1. The summed E-state index contributed by atoms with van der Waals surface area (Å²) in [6.45, 7) is 1.56. The second kappa shape index (κ2) is 6.62. The van der Waals surface area contributed by atoms with Gasteiger partial charge in [-0.2, -0.15) is 0 Å². The number of pyridine rings is 1. The quantitative estimate of drug-likeness (QED) is 0.366. The molecular formula is C12H13ClN2O5. The zero-order valence-electron chi connectivity index (χ0n) is 10.6. The van der Waals surface area contributed by atoms with E-state index in [-0.39, 0.29) is 28.9 Å². The number of nitrogens with zero attached hydrogens (tertiary/aromatic N) is 2. The van der Waals surface area contributed by atoms with Crippen molar-refractivity contribution in [3.63, 3.8) is 0 Å². The number of ether oxygens (including phenoxy) is 2. The third-order valence-electron chi connectivity index (χ3n) is 3.05. The zero-order chi connectivity index (χ0) is 14.5. The molecule has 7 nitrogen and oxygen atoms in total. The summed E-state index contributed by atoms with van der Waals surface area (Å²) in [5, 5.41) is 10.5. The predicted molar refractivity (Wildman–Crippen MR) is 69.7 cm³/mol. The van der Waals surface area contributed by atoms with Crippen LogP contribution in [-0.4, -0.2) is 35.7 Å². The second-order valence-corrected chi connectivity index (χ2v) is 4.80. The van der Waals surface area contributed by atoms with E-state index < -0.39 is 10.9 Å². The maximum absolute atomic E-state index is 11.9. The van der Waals surface area contributed by atoms with Gasteiger partial charge in [0.25, 0.3) is 5.69 Å². The molecule has 108 valence electrons. The largest absolute Gasteiger partial charge is 0.462 e. The van der Waals surface area contributed by atoms with Crippen molar-refractivity contribution >= 4 is 23.3 Å². The molecule has 1 aliphatic heterocycles. The molecule has 20 heavy (non-hydrogen) atoms. The summed E-state index contributed by atoms with van der Waals surface area (Å²) in [4.78, 5) is 25.5. The molecule has 1 aliphatic rings. The van der Waals surface area contributed by atoms with E-state index in [1.54, 1.807) is 0 Å². The standard InChI is InChI=1S/C12H13ClN2O5/c13-11-10(5-9(6-14-11)15(17)18)12(16)20-7-8-1-3-19-4-2-8/h5-6,8H,1-4,7H2. The lowest BCUT2D eigenvalue weighted by Crippen LogP contribution is -2.22. The van der Waals surface area contributed by atoms with Gasteiger partial charge in [-0.05, 0) is 18.8 Å². The molecule has 0 bridgehead atoms. The number of carbonyl (C=O) groups is 1. The van der Waals surface area contributed by atoms with Gasteiger partial charge < -0.3 is 9.47 Å². The van der Waals surface area contributed by atoms with Crippen molar-refractivity contribution in [2.75, 3.05) is 19.8 Å². The summed E-state index contributed by atoms with van der Waals surface area (Å²) in [5.74, 6) is -0.448. The van der Waals surface area contributed by atoms with Gasteiger partial charge >= 0.3 is 5.97 Å². The van der Waals surface area contributed by atoms with Crippen LogP contribution < -0.4 is 0 Å². The highest BCUT2D eigenvalue weighted by atomic mass is 35.5. The second-order valence-electron chi connectivity index (χ2n) is 4.44. The van der Waals surface area contributed by atoms with E-state index in [4.69, 9.17) is 21.1 Å². The van der Waals surface area contributed by atoms with Crippen molar-refractivity contribution in [3.05, 3.63) is 33.1 Å². The highest BCUT2D eigenvalue weighted by Crippen LogP contribution is 2.21. The molecule has 0 spiro atoms. The van der Waals surface area contributed by atoms with E-state index in [9.17, 15) is 14.9 Å². The van der Waals surface area contributed by atoms with Gasteiger partial charge in [-0.1, -0.05) is 11.6 Å². The van der Waals surface area contributed by atoms with E-state index in [1.807, 2.05) is 0 Å². The van der Waals surface area contributed by atoms with Gasteiger partial charge in [-0.25, -0.2) is 9.78 Å². The third-order valence-corrected chi connectivity index (χ3v) is 3.35. The van der Waals surface area contributed by atoms with Crippen molar-refractivity contribution in [2.45, 2.75) is 12.8 Å². The Morgan fingerprint density at radius 3 is 2.90 bits per heavy atom. The van der Waals surface area contributed by atoms with E-state index in [2.05, 4.69) is 4.98 Å². The van der Waals surface area contributed by atoms with Gasteiger partial charge in [0.15, 0.2) is 0 Å². The fourth-order valence-electron chi connectivity index (χ4n) is 1.86. The Kier molecular flexibility index (Phi) is 4.86. The van der Waals surface area contributed by atoms with Crippen molar-refractivity contribution in [2.24, 2.45) is 5.92 Å². The van der Waals surface area contributed by atoms with Gasteiger partial charge in [0, 0.05) is 19.3 Å². The number of hydrogen-bond donors (Lipinski definition) is 0. The number of hydrogen-bond acceptors (Lipinski definition) is 6. The Hall–Kier alpha value is -1.73. The molecule has 1 aromatic heterocycles. The van der Waals surface area contributed by atoms with Crippen molar-refractivity contribution in [1.82, 2.24) is 4.98 Å². The highest BCUT2D eigenvalue weighted by Gasteiger charge is 2.21. The van der Waals surface area contributed by atoms with Crippen molar-refractivity contribution in [1.29, 1.82) is 0 Å². The maximum atomic E-state index is 11.9. The lowest BCUT2D eigenvalue weighted by atomic mass is 10.0. The Labute approximate surface area is 120 Å². The smallest absolute Gasteiger partial charge is 0.341 e. The van der Waals surface area contributed by atoms with Crippen molar-refractivity contribution in [3.8, 4) is 0 Å². The molecule has 0 saturated carbocycles. The Balaban J connectivity index is 2.00. The first-order chi connectivity index (χ1) is 9.58. The van der Waals surface area contributed by atoms with Crippen LogP contribution in [-0.2, 0) is 9.47 Å². The number of aromatic nitrogens is 1. The van der Waals surface area contributed by atoms with E-state index >= 15 is 0 Å². The topological polar surface area (TPSA) is 91.6 Å². The molecular weight excluding hydrogens is 288 g/mol. The summed E-state index contributed by atoms with van der Waals surface area (Å²) in [6, 6.07) is 1.07. The van der Waals surface area contributed by atoms with Crippen molar-refractivity contribution < 1.29 is 19.2 Å². The first-order valence-corrected chi connectivity index (χ1v) is 6.50. The van der Waals surface area contributed by atoms with Crippen LogP contribution in [0, 0.1) is 16.0 Å². The SMILES string of the molecule is O=C(OCC1CCOCC1)c1cc([N+](=O)[O-])cnc1Cl. The summed E-state index contributed by atoms with van der Waals surface area (Å²) >= 11 is 5.76. The lowest BCUT2D eigenvalue weighted by molar-refractivity contribution is -0.385. The molecule has 0 unspecified atom stereocenters. The number of carbonyl (C=O) groups excluding carboxylic acids is 1. The van der Waals surface area contributed by atoms with E-state index in [0.717, 1.165) is 25.1 Å². The number of halogens is 1. The molecule has 0 aromatic carbocycles. The van der Waals surface area contributed by atoms with Crippen LogP contribution in [0.4, 0.5) is 5.69 Å². The summed E-state index contributed by atoms with van der Waals surface area (Å²) in [7, 11) is 0. The molecule has 1 aromatic rings. The first-order valence-electron chi connectivity index (χ1n) is 6.12. The normalized spacial score (nSPS) is 15.8. The first kappa shape index (κ1) is 14.7. The minimum absolute atomic E-state index is 0.0899. The lowest BCUT2D eigenvalue weighted by Gasteiger charge is -2.21. The monoisotopic (exact) mass is 300 g/mol. The summed E-state index contributed by atoms with van der Waals surface area (Å²) in [5.41, 5.74) is -0.389. The van der Waals surface area contributed by atoms with E-state index in [1.165, 1.54) is 0 Å². The molecule has 0 N–H and O–H groups in total.